The largest absolute Gasteiger partial charge is 0.496 e. The van der Waals surface area contributed by atoms with E-state index in [0.29, 0.717) is 32.7 Å². The van der Waals surface area contributed by atoms with Crippen LogP contribution in [0.1, 0.15) is 21.8 Å². The summed E-state index contributed by atoms with van der Waals surface area (Å²) in [6.07, 6.45) is 0. The van der Waals surface area contributed by atoms with Crippen LogP contribution in [-0.2, 0) is 4.79 Å². The molecule has 0 aliphatic heterocycles. The minimum absolute atomic E-state index is 0.168. The molecule has 0 aromatic heterocycles. The lowest BCUT2D eigenvalue weighted by Crippen LogP contribution is -2.18. The smallest absolute Gasteiger partial charge is 0.259 e. The van der Waals surface area contributed by atoms with Gasteiger partial charge in [-0.15, -0.1) is 23.2 Å². The van der Waals surface area contributed by atoms with Crippen molar-refractivity contribution >= 4 is 69.6 Å². The Labute approximate surface area is 215 Å². The number of hydrogen-bond acceptors (Lipinski definition) is 3. The van der Waals surface area contributed by atoms with E-state index in [1.54, 1.807) is 30.3 Å². The van der Waals surface area contributed by atoms with E-state index in [0.717, 1.165) is 0 Å². The number of benzene rings is 3. The summed E-state index contributed by atoms with van der Waals surface area (Å²) in [7, 11) is 1.42. The molecule has 3 aromatic rings. The summed E-state index contributed by atoms with van der Waals surface area (Å²) in [6, 6.07) is 14.8. The van der Waals surface area contributed by atoms with Gasteiger partial charge in [-0.05, 0) is 66.2 Å². The van der Waals surface area contributed by atoms with Gasteiger partial charge >= 0.3 is 0 Å². The SMILES string of the molecule is COc1ccc(NC(=O)C2C(c3cc(Cl)cc(Cl)c3)C2(Cl)Cl)cc1C(=O)Nc1ccc(F)cc1. The third-order valence-corrected chi connectivity index (χ3v) is 6.77. The second-order valence-electron chi connectivity index (χ2n) is 7.70. The Morgan fingerprint density at radius 1 is 0.912 bits per heavy atom. The van der Waals surface area contributed by atoms with Crippen molar-refractivity contribution in [3.63, 3.8) is 0 Å². The molecule has 2 atom stereocenters. The fraction of sp³-hybridized carbons (Fsp3) is 0.167. The van der Waals surface area contributed by atoms with E-state index in [1.165, 1.54) is 37.4 Å². The molecule has 0 bridgehead atoms. The first-order valence-electron chi connectivity index (χ1n) is 10.00. The standard InChI is InChI=1S/C24H17Cl4FN2O3/c1-34-19-7-6-17(11-18(19)22(32)30-16-4-2-15(29)3-5-16)31-23(33)21-20(24(21,27)28)12-8-13(25)10-14(26)9-12/h2-11,20-21H,1H3,(H,30,32)(H,31,33). The zero-order valence-electron chi connectivity index (χ0n) is 17.5. The summed E-state index contributed by atoms with van der Waals surface area (Å²) in [4.78, 5) is 25.8. The molecule has 1 aliphatic carbocycles. The molecule has 4 rings (SSSR count). The molecule has 0 heterocycles. The fourth-order valence-corrected chi connectivity index (χ4v) is 5.11. The first kappa shape index (κ1) is 24.6. The summed E-state index contributed by atoms with van der Waals surface area (Å²) in [6.45, 7) is 0. The highest BCUT2D eigenvalue weighted by Gasteiger charge is 2.67. The van der Waals surface area contributed by atoms with Crippen molar-refractivity contribution < 1.29 is 18.7 Å². The lowest BCUT2D eigenvalue weighted by atomic mass is 10.1. The lowest BCUT2D eigenvalue weighted by Gasteiger charge is -2.12. The maximum absolute atomic E-state index is 13.1. The van der Waals surface area contributed by atoms with Gasteiger partial charge in [-0.2, -0.15) is 0 Å². The van der Waals surface area contributed by atoms with Crippen molar-refractivity contribution in [3.8, 4) is 5.75 Å². The molecule has 10 heteroatoms. The minimum atomic E-state index is -1.34. The first-order valence-corrected chi connectivity index (χ1v) is 11.5. The molecule has 0 spiro atoms. The van der Waals surface area contributed by atoms with Gasteiger partial charge in [-0.3, -0.25) is 9.59 Å². The zero-order chi connectivity index (χ0) is 24.6. The number of methoxy groups -OCH3 is 1. The van der Waals surface area contributed by atoms with E-state index in [1.807, 2.05) is 0 Å². The molecular formula is C24H17Cl4FN2O3. The number of carbonyl (C=O) groups is 2. The van der Waals surface area contributed by atoms with Crippen LogP contribution in [0.5, 0.6) is 5.75 Å². The summed E-state index contributed by atoms with van der Waals surface area (Å²) in [5, 5.41) is 6.22. The molecule has 1 saturated carbocycles. The van der Waals surface area contributed by atoms with Crippen molar-refractivity contribution in [1.29, 1.82) is 0 Å². The average Bonchev–Trinajstić information content (AvgIpc) is 3.36. The number of alkyl halides is 2. The van der Waals surface area contributed by atoms with Crippen LogP contribution in [0.3, 0.4) is 0 Å². The van der Waals surface area contributed by atoms with Crippen molar-refractivity contribution in [2.45, 2.75) is 10.3 Å². The second-order valence-corrected chi connectivity index (χ2v) is 10.0. The van der Waals surface area contributed by atoms with E-state index in [2.05, 4.69) is 10.6 Å². The van der Waals surface area contributed by atoms with Gasteiger partial charge in [0.25, 0.3) is 5.91 Å². The van der Waals surface area contributed by atoms with Gasteiger partial charge in [0, 0.05) is 27.3 Å². The van der Waals surface area contributed by atoms with Crippen molar-refractivity contribution in [3.05, 3.63) is 87.7 Å². The van der Waals surface area contributed by atoms with Gasteiger partial charge in [0.15, 0.2) is 0 Å². The van der Waals surface area contributed by atoms with E-state index in [9.17, 15) is 14.0 Å². The summed E-state index contributed by atoms with van der Waals surface area (Å²) in [5.74, 6) is -2.33. The first-order chi connectivity index (χ1) is 16.1. The third-order valence-electron chi connectivity index (χ3n) is 5.39. The molecule has 3 aromatic carbocycles. The Morgan fingerprint density at radius 2 is 1.53 bits per heavy atom. The van der Waals surface area contributed by atoms with Gasteiger partial charge in [0.2, 0.25) is 5.91 Å². The highest BCUT2D eigenvalue weighted by atomic mass is 35.5. The maximum atomic E-state index is 13.1. The number of nitrogens with one attached hydrogen (secondary N) is 2. The van der Waals surface area contributed by atoms with Gasteiger partial charge < -0.3 is 15.4 Å². The normalized spacial score (nSPS) is 18.2. The van der Waals surface area contributed by atoms with E-state index < -0.39 is 33.8 Å². The molecular weight excluding hydrogens is 525 g/mol. The molecule has 0 radical (unpaired) electrons. The Hall–Kier alpha value is -2.51. The van der Waals surface area contributed by atoms with E-state index in [4.69, 9.17) is 51.1 Å². The van der Waals surface area contributed by atoms with Crippen LogP contribution in [-0.4, -0.2) is 23.3 Å². The predicted octanol–water partition coefficient (Wildman–Crippen LogP) is 6.92. The lowest BCUT2D eigenvalue weighted by molar-refractivity contribution is -0.117. The molecule has 1 aliphatic rings. The monoisotopic (exact) mass is 540 g/mol. The second kappa shape index (κ2) is 9.62. The highest BCUT2D eigenvalue weighted by molar-refractivity contribution is 6.53. The van der Waals surface area contributed by atoms with Crippen LogP contribution in [0.2, 0.25) is 10.0 Å². The quantitative estimate of drug-likeness (QED) is 0.333. The van der Waals surface area contributed by atoms with Crippen molar-refractivity contribution in [2.75, 3.05) is 17.7 Å². The predicted molar refractivity (Wildman–Crippen MR) is 133 cm³/mol. The number of rotatable bonds is 6. The van der Waals surface area contributed by atoms with Crippen LogP contribution in [0.4, 0.5) is 15.8 Å². The van der Waals surface area contributed by atoms with Gasteiger partial charge in [-0.1, -0.05) is 23.2 Å². The summed E-state index contributed by atoms with van der Waals surface area (Å²) < 4.78 is 17.1. The van der Waals surface area contributed by atoms with Crippen molar-refractivity contribution in [2.24, 2.45) is 5.92 Å². The van der Waals surface area contributed by atoms with Crippen molar-refractivity contribution in [1.82, 2.24) is 0 Å². The third kappa shape index (κ3) is 5.10. The molecule has 1 fully saturated rings. The molecule has 2 amide bonds. The average molecular weight is 542 g/mol. The zero-order valence-corrected chi connectivity index (χ0v) is 20.6. The van der Waals surface area contributed by atoms with Crippen LogP contribution < -0.4 is 15.4 Å². The van der Waals surface area contributed by atoms with E-state index in [-0.39, 0.29) is 5.56 Å². The minimum Gasteiger partial charge on any atom is -0.496 e. The topological polar surface area (TPSA) is 67.4 Å². The number of ether oxygens (including phenoxy) is 1. The summed E-state index contributed by atoms with van der Waals surface area (Å²) in [5.41, 5.74) is 1.56. The van der Waals surface area contributed by atoms with Crippen LogP contribution in [0, 0.1) is 11.7 Å². The number of halogens is 5. The molecule has 2 N–H and O–H groups in total. The Balaban J connectivity index is 1.53. The van der Waals surface area contributed by atoms with Gasteiger partial charge in [-0.25, -0.2) is 4.39 Å². The highest BCUT2D eigenvalue weighted by Crippen LogP contribution is 2.65. The summed E-state index contributed by atoms with van der Waals surface area (Å²) >= 11 is 25.0. The maximum Gasteiger partial charge on any atom is 0.259 e. The number of hydrogen-bond donors (Lipinski definition) is 2. The molecule has 5 nitrogen and oxygen atoms in total. The van der Waals surface area contributed by atoms with Gasteiger partial charge in [0.1, 0.15) is 15.9 Å². The molecule has 0 saturated heterocycles. The number of amides is 2. The Bertz CT molecular complexity index is 1250. The molecule has 176 valence electrons. The van der Waals surface area contributed by atoms with Crippen LogP contribution in [0.25, 0.3) is 0 Å². The van der Waals surface area contributed by atoms with Crippen LogP contribution in [0.15, 0.2) is 60.7 Å². The number of carbonyl (C=O) groups excluding carboxylic acids is 2. The Kier molecular flexibility index (Phi) is 6.97. The van der Waals surface area contributed by atoms with Crippen LogP contribution >= 0.6 is 46.4 Å². The molecule has 2 unspecified atom stereocenters. The van der Waals surface area contributed by atoms with Gasteiger partial charge in [0.05, 0.1) is 18.6 Å². The Morgan fingerprint density at radius 3 is 2.15 bits per heavy atom. The fourth-order valence-electron chi connectivity index (χ4n) is 3.74. The van der Waals surface area contributed by atoms with E-state index >= 15 is 0 Å². The molecule has 34 heavy (non-hydrogen) atoms. The number of anilines is 2.